The maximum absolute atomic E-state index is 12.1. The zero-order valence-electron chi connectivity index (χ0n) is 15.3. The van der Waals surface area contributed by atoms with Gasteiger partial charge in [-0.25, -0.2) is 4.79 Å². The van der Waals surface area contributed by atoms with Gasteiger partial charge in [-0.15, -0.1) is 0 Å². The highest BCUT2D eigenvalue weighted by Crippen LogP contribution is 2.16. The molecular weight excluding hydrogens is 388 g/mol. The molecule has 1 amide bonds. The van der Waals surface area contributed by atoms with E-state index in [0.29, 0.717) is 18.3 Å². The Hall–Kier alpha value is -3.49. The number of carbonyl (C=O) groups excluding carboxylic acids is 3. The minimum atomic E-state index is -2.88. The number of nitrogens with one attached hydrogen (secondary N) is 1. The quantitative estimate of drug-likeness (QED) is 0.454. The summed E-state index contributed by atoms with van der Waals surface area (Å²) in [6.07, 6.45) is 1.06. The Morgan fingerprint density at radius 1 is 1.03 bits per heavy atom. The van der Waals surface area contributed by atoms with Crippen LogP contribution in [0.3, 0.4) is 0 Å². The van der Waals surface area contributed by atoms with Crippen LogP contribution in [-0.2, 0) is 20.7 Å². The lowest BCUT2D eigenvalue weighted by molar-refractivity contribution is -0.150. The summed E-state index contributed by atoms with van der Waals surface area (Å²) in [5, 5.41) is 2.57. The molecule has 0 aliphatic carbocycles. The van der Waals surface area contributed by atoms with Crippen LogP contribution < -0.4 is 14.8 Å². The molecule has 7 nitrogen and oxygen atoms in total. The van der Waals surface area contributed by atoms with E-state index in [1.165, 1.54) is 18.2 Å². The third-order valence-electron chi connectivity index (χ3n) is 3.64. The molecular formula is C20H19F2NO6. The van der Waals surface area contributed by atoms with Gasteiger partial charge >= 0.3 is 12.6 Å². The van der Waals surface area contributed by atoms with E-state index in [4.69, 9.17) is 9.47 Å². The number of aldehydes is 1. The second kappa shape index (κ2) is 11.4. The second-order valence-electron chi connectivity index (χ2n) is 5.73. The van der Waals surface area contributed by atoms with Crippen LogP contribution >= 0.6 is 0 Å². The number of esters is 1. The van der Waals surface area contributed by atoms with Crippen molar-refractivity contribution in [2.75, 3.05) is 19.8 Å². The Morgan fingerprint density at radius 3 is 2.45 bits per heavy atom. The Morgan fingerprint density at radius 2 is 1.76 bits per heavy atom. The number of rotatable bonds is 11. The summed E-state index contributed by atoms with van der Waals surface area (Å²) in [4.78, 5) is 34.2. The maximum atomic E-state index is 12.1. The molecule has 0 spiro atoms. The Balaban J connectivity index is 1.64. The first-order chi connectivity index (χ1) is 14.0. The van der Waals surface area contributed by atoms with E-state index >= 15 is 0 Å². The van der Waals surface area contributed by atoms with E-state index in [-0.39, 0.29) is 18.0 Å². The van der Waals surface area contributed by atoms with Crippen LogP contribution in [0.5, 0.6) is 11.5 Å². The summed E-state index contributed by atoms with van der Waals surface area (Å²) in [6.45, 7) is -3.52. The van der Waals surface area contributed by atoms with E-state index in [1.807, 2.05) is 0 Å². The smallest absolute Gasteiger partial charge is 0.387 e. The van der Waals surface area contributed by atoms with E-state index in [0.717, 1.165) is 5.56 Å². The van der Waals surface area contributed by atoms with Crippen molar-refractivity contribution in [2.24, 2.45) is 0 Å². The Kier molecular flexibility index (Phi) is 8.55. The van der Waals surface area contributed by atoms with Gasteiger partial charge in [-0.3, -0.25) is 9.59 Å². The topological polar surface area (TPSA) is 90.9 Å². The summed E-state index contributed by atoms with van der Waals surface area (Å²) in [5.74, 6) is -0.952. The van der Waals surface area contributed by atoms with Crippen molar-refractivity contribution in [2.45, 2.75) is 13.0 Å². The van der Waals surface area contributed by atoms with Gasteiger partial charge in [0.05, 0.1) is 5.56 Å². The largest absolute Gasteiger partial charge is 0.481 e. The zero-order chi connectivity index (χ0) is 21.1. The van der Waals surface area contributed by atoms with Gasteiger partial charge in [-0.05, 0) is 36.2 Å². The molecule has 29 heavy (non-hydrogen) atoms. The first-order valence-electron chi connectivity index (χ1n) is 8.61. The molecule has 0 aliphatic rings. The number of para-hydroxylation sites is 1. The summed E-state index contributed by atoms with van der Waals surface area (Å²) in [6, 6.07) is 12.4. The van der Waals surface area contributed by atoms with Gasteiger partial charge in [-0.2, -0.15) is 8.78 Å². The number of hydrogen-bond donors (Lipinski definition) is 1. The van der Waals surface area contributed by atoms with Crippen molar-refractivity contribution in [1.82, 2.24) is 5.32 Å². The first-order valence-corrected chi connectivity index (χ1v) is 8.61. The first kappa shape index (κ1) is 21.8. The zero-order valence-corrected chi connectivity index (χ0v) is 15.3. The second-order valence-corrected chi connectivity index (χ2v) is 5.73. The van der Waals surface area contributed by atoms with Crippen LogP contribution in [0.25, 0.3) is 0 Å². The molecule has 1 N–H and O–H groups in total. The lowest BCUT2D eigenvalue weighted by Crippen LogP contribution is -2.31. The van der Waals surface area contributed by atoms with E-state index < -0.39 is 31.7 Å². The van der Waals surface area contributed by atoms with Crippen molar-refractivity contribution in [3.05, 3.63) is 59.7 Å². The third kappa shape index (κ3) is 7.96. The van der Waals surface area contributed by atoms with Gasteiger partial charge in [0, 0.05) is 6.54 Å². The Bertz CT molecular complexity index is 826. The van der Waals surface area contributed by atoms with Crippen LogP contribution in [-0.4, -0.2) is 44.5 Å². The molecule has 0 atom stereocenters. The number of hydrogen-bond acceptors (Lipinski definition) is 6. The molecule has 0 fully saturated rings. The fourth-order valence-electron chi connectivity index (χ4n) is 2.27. The summed E-state index contributed by atoms with van der Waals surface area (Å²) in [7, 11) is 0. The number of benzene rings is 2. The molecule has 0 unspecified atom stereocenters. The molecule has 0 saturated carbocycles. The van der Waals surface area contributed by atoms with Crippen LogP contribution in [0.4, 0.5) is 8.78 Å². The fourth-order valence-corrected chi connectivity index (χ4v) is 2.27. The molecule has 2 aromatic carbocycles. The highest BCUT2D eigenvalue weighted by Gasteiger charge is 2.10. The summed E-state index contributed by atoms with van der Waals surface area (Å²) in [5.41, 5.74) is 1.11. The van der Waals surface area contributed by atoms with Gasteiger partial charge in [0.1, 0.15) is 11.5 Å². The predicted octanol–water partition coefficient (Wildman–Crippen LogP) is 2.38. The molecule has 154 valence electrons. The lowest BCUT2D eigenvalue weighted by Gasteiger charge is -2.09. The SMILES string of the molecule is O=Cc1ccccc1OCC(=O)OCC(=O)NCCc1ccc(OC(F)F)cc1. The number of alkyl halides is 2. The molecule has 0 saturated heterocycles. The maximum Gasteiger partial charge on any atom is 0.387 e. The van der Waals surface area contributed by atoms with Gasteiger partial charge in [-0.1, -0.05) is 24.3 Å². The van der Waals surface area contributed by atoms with Crippen molar-refractivity contribution in [1.29, 1.82) is 0 Å². The lowest BCUT2D eigenvalue weighted by atomic mass is 10.1. The molecule has 2 rings (SSSR count). The molecule has 2 aromatic rings. The number of halogens is 2. The number of carbonyl (C=O) groups is 3. The average molecular weight is 407 g/mol. The van der Waals surface area contributed by atoms with Crippen molar-refractivity contribution < 1.29 is 37.4 Å². The van der Waals surface area contributed by atoms with Crippen molar-refractivity contribution in [3.63, 3.8) is 0 Å². The van der Waals surface area contributed by atoms with Crippen LogP contribution in [0.2, 0.25) is 0 Å². The summed E-state index contributed by atoms with van der Waals surface area (Å²) < 4.78 is 38.4. The molecule has 9 heteroatoms. The molecule has 0 aliphatic heterocycles. The van der Waals surface area contributed by atoms with Crippen molar-refractivity contribution in [3.8, 4) is 11.5 Å². The molecule has 0 radical (unpaired) electrons. The highest BCUT2D eigenvalue weighted by molar-refractivity contribution is 5.81. The minimum absolute atomic E-state index is 0.0534. The van der Waals surface area contributed by atoms with Crippen molar-refractivity contribution >= 4 is 18.2 Å². The number of amides is 1. The number of ether oxygens (including phenoxy) is 3. The van der Waals surface area contributed by atoms with Gasteiger partial charge in [0.15, 0.2) is 19.5 Å². The Labute approximate surface area is 165 Å². The standard InChI is InChI=1S/C20H19F2NO6/c21-20(22)29-16-7-5-14(6-8-16)9-10-23-18(25)12-28-19(26)13-27-17-4-2-1-3-15(17)11-24/h1-8,11,20H,9-10,12-13H2,(H,23,25). The minimum Gasteiger partial charge on any atom is -0.481 e. The molecule has 0 aromatic heterocycles. The van der Waals surface area contributed by atoms with E-state index in [1.54, 1.807) is 30.3 Å². The van der Waals surface area contributed by atoms with Gasteiger partial charge in [0.2, 0.25) is 0 Å². The van der Waals surface area contributed by atoms with Crippen LogP contribution in [0.15, 0.2) is 48.5 Å². The van der Waals surface area contributed by atoms with Gasteiger partial charge in [0.25, 0.3) is 5.91 Å². The van der Waals surface area contributed by atoms with Gasteiger partial charge < -0.3 is 19.5 Å². The highest BCUT2D eigenvalue weighted by atomic mass is 19.3. The average Bonchev–Trinajstić information content (AvgIpc) is 2.71. The van der Waals surface area contributed by atoms with E-state index in [9.17, 15) is 23.2 Å². The normalized spacial score (nSPS) is 10.3. The third-order valence-corrected chi connectivity index (χ3v) is 3.64. The predicted molar refractivity (Wildman–Crippen MR) is 98.1 cm³/mol. The van der Waals surface area contributed by atoms with Crippen LogP contribution in [0, 0.1) is 0 Å². The van der Waals surface area contributed by atoms with Crippen LogP contribution in [0.1, 0.15) is 15.9 Å². The monoisotopic (exact) mass is 407 g/mol. The molecule has 0 bridgehead atoms. The molecule has 0 heterocycles. The fraction of sp³-hybridized carbons (Fsp3) is 0.250. The summed E-state index contributed by atoms with van der Waals surface area (Å²) >= 11 is 0. The van der Waals surface area contributed by atoms with E-state index in [2.05, 4.69) is 10.1 Å².